The van der Waals surface area contributed by atoms with Gasteiger partial charge in [0.25, 0.3) is 5.91 Å². The number of aromatic nitrogens is 4. The van der Waals surface area contributed by atoms with Crippen LogP contribution in [0, 0.1) is 0 Å². The fourth-order valence-electron chi connectivity index (χ4n) is 2.98. The van der Waals surface area contributed by atoms with Crippen LogP contribution in [0.25, 0.3) is 11.0 Å². The predicted octanol–water partition coefficient (Wildman–Crippen LogP) is 1.62. The van der Waals surface area contributed by atoms with E-state index in [2.05, 4.69) is 25.7 Å². The number of pyridine rings is 1. The summed E-state index contributed by atoms with van der Waals surface area (Å²) >= 11 is 0. The number of rotatable bonds is 4. The van der Waals surface area contributed by atoms with Crippen LogP contribution in [0.2, 0.25) is 0 Å². The van der Waals surface area contributed by atoms with Gasteiger partial charge in [-0.25, -0.2) is 4.98 Å². The van der Waals surface area contributed by atoms with Crippen LogP contribution < -0.4 is 10.1 Å². The average molecular weight is 339 g/mol. The molecule has 1 aliphatic heterocycles. The number of benzene rings is 1. The SMILES string of the molecule is COc1ccc([C@H]2OCC[C@@H]2NC(=O)c2ccc3n[nH]nc3c2)cn1. The lowest BCUT2D eigenvalue weighted by molar-refractivity contribution is 0.0820. The van der Waals surface area contributed by atoms with Crippen molar-refractivity contribution < 1.29 is 14.3 Å². The number of methoxy groups -OCH3 is 1. The second-order valence-electron chi connectivity index (χ2n) is 5.82. The maximum atomic E-state index is 12.6. The third kappa shape index (κ3) is 3.03. The molecule has 8 nitrogen and oxygen atoms in total. The Labute approximate surface area is 143 Å². The minimum atomic E-state index is -0.224. The quantitative estimate of drug-likeness (QED) is 0.749. The zero-order chi connectivity index (χ0) is 17.2. The number of carbonyl (C=O) groups excluding carboxylic acids is 1. The van der Waals surface area contributed by atoms with E-state index in [4.69, 9.17) is 9.47 Å². The Morgan fingerprint density at radius 2 is 2.16 bits per heavy atom. The number of H-pyrrole nitrogens is 1. The predicted molar refractivity (Wildman–Crippen MR) is 89.2 cm³/mol. The maximum absolute atomic E-state index is 12.6. The van der Waals surface area contributed by atoms with Crippen molar-refractivity contribution in [3.63, 3.8) is 0 Å². The Morgan fingerprint density at radius 1 is 1.28 bits per heavy atom. The number of hydrogen-bond acceptors (Lipinski definition) is 6. The molecule has 1 aromatic carbocycles. The number of hydrogen-bond donors (Lipinski definition) is 2. The minimum absolute atomic E-state index is 0.115. The average Bonchev–Trinajstić information content (AvgIpc) is 3.30. The van der Waals surface area contributed by atoms with Crippen molar-refractivity contribution in [2.45, 2.75) is 18.6 Å². The van der Waals surface area contributed by atoms with Crippen LogP contribution in [0.5, 0.6) is 5.88 Å². The lowest BCUT2D eigenvalue weighted by Crippen LogP contribution is -2.36. The van der Waals surface area contributed by atoms with Crippen molar-refractivity contribution >= 4 is 16.9 Å². The molecule has 0 spiro atoms. The van der Waals surface area contributed by atoms with Crippen molar-refractivity contribution in [3.05, 3.63) is 47.7 Å². The lowest BCUT2D eigenvalue weighted by atomic mass is 10.0. The Balaban J connectivity index is 1.50. The van der Waals surface area contributed by atoms with Crippen LogP contribution in [0.15, 0.2) is 36.5 Å². The van der Waals surface area contributed by atoms with Gasteiger partial charge < -0.3 is 14.8 Å². The highest BCUT2D eigenvalue weighted by Gasteiger charge is 2.31. The Bertz CT molecular complexity index is 893. The first-order chi connectivity index (χ1) is 12.2. The van der Waals surface area contributed by atoms with E-state index in [1.807, 2.05) is 6.07 Å². The van der Waals surface area contributed by atoms with Crippen LogP contribution in [0.4, 0.5) is 0 Å². The summed E-state index contributed by atoms with van der Waals surface area (Å²) in [7, 11) is 1.57. The van der Waals surface area contributed by atoms with Crippen molar-refractivity contribution in [1.82, 2.24) is 25.7 Å². The van der Waals surface area contributed by atoms with Gasteiger partial charge in [0.15, 0.2) is 0 Å². The molecule has 0 saturated carbocycles. The summed E-state index contributed by atoms with van der Waals surface area (Å²) in [5.74, 6) is 0.384. The molecule has 2 N–H and O–H groups in total. The van der Waals surface area contributed by atoms with Crippen LogP contribution in [-0.4, -0.2) is 46.1 Å². The minimum Gasteiger partial charge on any atom is -0.481 e. The van der Waals surface area contributed by atoms with Gasteiger partial charge in [-0.15, -0.1) is 0 Å². The van der Waals surface area contributed by atoms with E-state index >= 15 is 0 Å². The van der Waals surface area contributed by atoms with E-state index in [1.54, 1.807) is 37.6 Å². The largest absolute Gasteiger partial charge is 0.481 e. The van der Waals surface area contributed by atoms with E-state index in [9.17, 15) is 4.79 Å². The topological polar surface area (TPSA) is 102 Å². The molecule has 1 aliphatic rings. The Morgan fingerprint density at radius 3 is 2.96 bits per heavy atom. The fraction of sp³-hybridized carbons (Fsp3) is 0.294. The summed E-state index contributed by atoms with van der Waals surface area (Å²) in [6.45, 7) is 0.587. The Hall–Kier alpha value is -3.00. The van der Waals surface area contributed by atoms with Gasteiger partial charge in [0, 0.05) is 30.0 Å². The van der Waals surface area contributed by atoms with E-state index in [1.165, 1.54) is 0 Å². The van der Waals surface area contributed by atoms with Gasteiger partial charge in [0.2, 0.25) is 5.88 Å². The van der Waals surface area contributed by atoms with Crippen LogP contribution >= 0.6 is 0 Å². The number of ether oxygens (including phenoxy) is 2. The van der Waals surface area contributed by atoms with Gasteiger partial charge in [0.1, 0.15) is 17.1 Å². The molecule has 1 saturated heterocycles. The fourth-order valence-corrected chi connectivity index (χ4v) is 2.98. The van der Waals surface area contributed by atoms with Gasteiger partial charge in [-0.05, 0) is 30.7 Å². The third-order valence-electron chi connectivity index (χ3n) is 4.28. The first-order valence-electron chi connectivity index (χ1n) is 7.97. The summed E-state index contributed by atoms with van der Waals surface area (Å²) in [5, 5.41) is 13.6. The van der Waals surface area contributed by atoms with Crippen molar-refractivity contribution in [1.29, 1.82) is 0 Å². The van der Waals surface area contributed by atoms with Crippen molar-refractivity contribution in [2.75, 3.05) is 13.7 Å². The highest BCUT2D eigenvalue weighted by atomic mass is 16.5. The first-order valence-corrected chi connectivity index (χ1v) is 7.97. The van der Waals surface area contributed by atoms with E-state index in [0.717, 1.165) is 17.5 Å². The number of aromatic amines is 1. The van der Waals surface area contributed by atoms with Crippen molar-refractivity contribution in [3.8, 4) is 5.88 Å². The normalized spacial score (nSPS) is 19.9. The molecule has 0 radical (unpaired) electrons. The summed E-state index contributed by atoms with van der Waals surface area (Å²) in [6, 6.07) is 8.80. The molecule has 25 heavy (non-hydrogen) atoms. The summed E-state index contributed by atoms with van der Waals surface area (Å²) in [4.78, 5) is 16.8. The smallest absolute Gasteiger partial charge is 0.251 e. The highest BCUT2D eigenvalue weighted by Crippen LogP contribution is 2.29. The van der Waals surface area contributed by atoms with Crippen LogP contribution in [0.1, 0.15) is 28.4 Å². The first kappa shape index (κ1) is 15.5. The molecule has 3 aromatic rings. The van der Waals surface area contributed by atoms with E-state index in [0.29, 0.717) is 23.6 Å². The third-order valence-corrected chi connectivity index (χ3v) is 4.28. The molecule has 1 fully saturated rings. The van der Waals surface area contributed by atoms with Gasteiger partial charge in [-0.3, -0.25) is 4.79 Å². The molecule has 2 atom stereocenters. The molecule has 4 rings (SSSR count). The van der Waals surface area contributed by atoms with Gasteiger partial charge >= 0.3 is 0 Å². The molecular weight excluding hydrogens is 322 g/mol. The molecule has 0 unspecified atom stereocenters. The second-order valence-corrected chi connectivity index (χ2v) is 5.82. The number of nitrogens with zero attached hydrogens (tertiary/aromatic N) is 3. The second kappa shape index (κ2) is 6.48. The molecule has 3 heterocycles. The lowest BCUT2D eigenvalue weighted by Gasteiger charge is -2.20. The summed E-state index contributed by atoms with van der Waals surface area (Å²) in [5.41, 5.74) is 2.84. The van der Waals surface area contributed by atoms with E-state index in [-0.39, 0.29) is 18.1 Å². The summed E-state index contributed by atoms with van der Waals surface area (Å²) in [6.07, 6.45) is 2.24. The zero-order valence-corrected chi connectivity index (χ0v) is 13.6. The van der Waals surface area contributed by atoms with Gasteiger partial charge in [0.05, 0.1) is 13.2 Å². The molecule has 2 aromatic heterocycles. The van der Waals surface area contributed by atoms with Crippen molar-refractivity contribution in [2.24, 2.45) is 0 Å². The molecule has 8 heteroatoms. The molecule has 0 bridgehead atoms. The van der Waals surface area contributed by atoms with Crippen LogP contribution in [-0.2, 0) is 4.74 Å². The maximum Gasteiger partial charge on any atom is 0.251 e. The highest BCUT2D eigenvalue weighted by molar-refractivity contribution is 5.97. The standard InChI is InChI=1S/C17H17N5O3/c1-24-15-5-3-11(9-18-15)16-13(6-7-25-16)19-17(23)10-2-4-12-14(8-10)21-22-20-12/h2-5,8-9,13,16H,6-7H2,1H3,(H,19,23)(H,20,21,22)/t13-,16+/m0/s1. The zero-order valence-electron chi connectivity index (χ0n) is 13.6. The van der Waals surface area contributed by atoms with Crippen LogP contribution in [0.3, 0.4) is 0 Å². The number of nitrogens with one attached hydrogen (secondary N) is 2. The molecule has 0 aliphatic carbocycles. The number of carbonyl (C=O) groups is 1. The molecule has 1 amide bonds. The summed E-state index contributed by atoms with van der Waals surface area (Å²) < 4.78 is 10.9. The monoisotopic (exact) mass is 339 g/mol. The molecule has 128 valence electrons. The van der Waals surface area contributed by atoms with E-state index < -0.39 is 0 Å². The number of amides is 1. The molecular formula is C17H17N5O3. The van der Waals surface area contributed by atoms with Gasteiger partial charge in [-0.2, -0.15) is 15.4 Å². The Kier molecular flexibility index (Phi) is 4.02. The van der Waals surface area contributed by atoms with Gasteiger partial charge in [-0.1, -0.05) is 0 Å². The number of fused-ring (bicyclic) bond motifs is 1.